The summed E-state index contributed by atoms with van der Waals surface area (Å²) in [5.74, 6) is 1.61. The van der Waals surface area contributed by atoms with Gasteiger partial charge in [0.15, 0.2) is 11.5 Å². The lowest BCUT2D eigenvalue weighted by molar-refractivity contribution is 0.309. The molecule has 1 heterocycles. The average molecular weight is 441 g/mol. The lowest BCUT2D eigenvalue weighted by Crippen LogP contribution is -2.30. The molecule has 0 fully saturated rings. The van der Waals surface area contributed by atoms with Crippen molar-refractivity contribution in [3.05, 3.63) is 56.0 Å². The van der Waals surface area contributed by atoms with Gasteiger partial charge >= 0.3 is 0 Å². The van der Waals surface area contributed by atoms with E-state index in [1.165, 1.54) is 16.7 Å². The molecule has 2 aromatic rings. The van der Waals surface area contributed by atoms with Crippen LogP contribution >= 0.6 is 31.9 Å². The van der Waals surface area contributed by atoms with Gasteiger partial charge in [-0.05, 0) is 86.2 Å². The summed E-state index contributed by atoms with van der Waals surface area (Å²) in [5, 5.41) is 3.61. The quantitative estimate of drug-likeness (QED) is 0.736. The van der Waals surface area contributed by atoms with Crippen LogP contribution in [-0.4, -0.2) is 20.3 Å². The first-order chi connectivity index (χ1) is 11.1. The number of halogens is 2. The molecular weight excluding hydrogens is 422 g/mol. The van der Waals surface area contributed by atoms with Crippen molar-refractivity contribution in [2.45, 2.75) is 19.4 Å². The molecule has 1 unspecified atom stereocenters. The predicted octanol–water partition coefficient (Wildman–Crippen LogP) is 4.85. The topological polar surface area (TPSA) is 30.5 Å². The van der Waals surface area contributed by atoms with Gasteiger partial charge in [-0.1, -0.05) is 6.07 Å². The Hall–Kier alpha value is -1.04. The van der Waals surface area contributed by atoms with Crippen LogP contribution in [0.1, 0.15) is 29.7 Å². The van der Waals surface area contributed by atoms with Crippen LogP contribution in [-0.2, 0) is 6.42 Å². The molecule has 0 amide bonds. The van der Waals surface area contributed by atoms with Gasteiger partial charge in [0.1, 0.15) is 0 Å². The third kappa shape index (κ3) is 3.42. The molecule has 0 saturated heterocycles. The first-order valence-electron chi connectivity index (χ1n) is 7.66. The van der Waals surface area contributed by atoms with Gasteiger partial charge in [-0.3, -0.25) is 0 Å². The van der Waals surface area contributed by atoms with Crippen LogP contribution in [0.3, 0.4) is 0 Å². The van der Waals surface area contributed by atoms with Gasteiger partial charge in [-0.15, -0.1) is 0 Å². The highest BCUT2D eigenvalue weighted by atomic mass is 79.9. The Balaban J connectivity index is 2.06. The molecule has 3 nitrogen and oxygen atoms in total. The Morgan fingerprint density at radius 2 is 1.96 bits per heavy atom. The SMILES string of the molecule is CCOc1cc2c(cc1OC)CCNC2c1ccc(Br)c(Br)c1. The summed E-state index contributed by atoms with van der Waals surface area (Å²) in [5.41, 5.74) is 3.80. The Bertz CT molecular complexity index is 718. The van der Waals surface area contributed by atoms with Crippen LogP contribution < -0.4 is 14.8 Å². The van der Waals surface area contributed by atoms with E-state index < -0.39 is 0 Å². The third-order valence-corrected chi connectivity index (χ3v) is 5.94. The van der Waals surface area contributed by atoms with Gasteiger partial charge < -0.3 is 14.8 Å². The largest absolute Gasteiger partial charge is 0.493 e. The average Bonchev–Trinajstić information content (AvgIpc) is 2.56. The van der Waals surface area contributed by atoms with E-state index in [0.29, 0.717) is 6.61 Å². The van der Waals surface area contributed by atoms with Crippen molar-refractivity contribution in [1.82, 2.24) is 5.32 Å². The van der Waals surface area contributed by atoms with Crippen molar-refractivity contribution in [3.63, 3.8) is 0 Å². The van der Waals surface area contributed by atoms with E-state index in [9.17, 15) is 0 Å². The lowest BCUT2D eigenvalue weighted by atomic mass is 9.89. The van der Waals surface area contributed by atoms with Crippen molar-refractivity contribution < 1.29 is 9.47 Å². The maximum atomic E-state index is 5.75. The molecule has 0 saturated carbocycles. The summed E-state index contributed by atoms with van der Waals surface area (Å²) in [6.45, 7) is 3.56. The highest BCUT2D eigenvalue weighted by Crippen LogP contribution is 2.38. The van der Waals surface area contributed by atoms with Crippen LogP contribution in [0.15, 0.2) is 39.3 Å². The molecule has 122 valence electrons. The molecule has 0 aromatic heterocycles. The van der Waals surface area contributed by atoms with Crippen molar-refractivity contribution in [3.8, 4) is 11.5 Å². The molecule has 3 rings (SSSR count). The standard InChI is InChI=1S/C18H19Br2NO2/c1-3-23-17-10-13-11(9-16(17)22-2)6-7-21-18(13)12-4-5-14(19)15(20)8-12/h4-5,8-10,18,21H,3,6-7H2,1-2H3. The monoisotopic (exact) mass is 439 g/mol. The summed E-state index contributed by atoms with van der Waals surface area (Å²) >= 11 is 7.13. The van der Waals surface area contributed by atoms with Crippen LogP contribution in [0.4, 0.5) is 0 Å². The summed E-state index contributed by atoms with van der Waals surface area (Å²) in [7, 11) is 1.69. The Morgan fingerprint density at radius 3 is 2.65 bits per heavy atom. The van der Waals surface area contributed by atoms with Crippen LogP contribution in [0.25, 0.3) is 0 Å². The Labute approximate surface area is 153 Å². The number of fused-ring (bicyclic) bond motifs is 1. The maximum Gasteiger partial charge on any atom is 0.161 e. The van der Waals surface area contributed by atoms with Crippen molar-refractivity contribution in [2.24, 2.45) is 0 Å². The molecule has 1 atom stereocenters. The highest BCUT2D eigenvalue weighted by molar-refractivity contribution is 9.13. The zero-order chi connectivity index (χ0) is 16.4. The van der Waals surface area contributed by atoms with Gasteiger partial charge in [0, 0.05) is 15.5 Å². The van der Waals surface area contributed by atoms with Crippen LogP contribution in [0, 0.1) is 0 Å². The van der Waals surface area contributed by atoms with Crippen LogP contribution in [0.2, 0.25) is 0 Å². The molecule has 0 spiro atoms. The van der Waals surface area contributed by atoms with E-state index >= 15 is 0 Å². The Morgan fingerprint density at radius 1 is 1.13 bits per heavy atom. The number of hydrogen-bond acceptors (Lipinski definition) is 3. The lowest BCUT2D eigenvalue weighted by Gasteiger charge is -2.29. The van der Waals surface area contributed by atoms with Crippen LogP contribution in [0.5, 0.6) is 11.5 Å². The minimum Gasteiger partial charge on any atom is -0.493 e. The van der Waals surface area contributed by atoms with Gasteiger partial charge in [0.25, 0.3) is 0 Å². The van der Waals surface area contributed by atoms with Crippen molar-refractivity contribution in [2.75, 3.05) is 20.3 Å². The molecule has 2 aromatic carbocycles. The number of rotatable bonds is 4. The van der Waals surface area contributed by atoms with E-state index in [0.717, 1.165) is 33.4 Å². The summed E-state index contributed by atoms with van der Waals surface area (Å²) < 4.78 is 13.3. The summed E-state index contributed by atoms with van der Waals surface area (Å²) in [4.78, 5) is 0. The van der Waals surface area contributed by atoms with E-state index in [-0.39, 0.29) is 6.04 Å². The second-order valence-electron chi connectivity index (χ2n) is 5.45. The second-order valence-corrected chi connectivity index (χ2v) is 7.15. The highest BCUT2D eigenvalue weighted by Gasteiger charge is 2.24. The normalized spacial score (nSPS) is 16.8. The Kier molecular flexibility index (Phi) is 5.29. The predicted molar refractivity (Wildman–Crippen MR) is 99.6 cm³/mol. The minimum absolute atomic E-state index is 0.160. The maximum absolute atomic E-state index is 5.75. The van der Waals surface area contributed by atoms with Crippen molar-refractivity contribution in [1.29, 1.82) is 0 Å². The van der Waals surface area contributed by atoms with Gasteiger partial charge in [0.2, 0.25) is 0 Å². The molecule has 0 bridgehead atoms. The molecule has 0 radical (unpaired) electrons. The van der Waals surface area contributed by atoms with E-state index in [1.54, 1.807) is 7.11 Å². The number of nitrogens with one attached hydrogen (secondary N) is 1. The molecule has 5 heteroatoms. The molecule has 23 heavy (non-hydrogen) atoms. The number of ether oxygens (including phenoxy) is 2. The smallest absolute Gasteiger partial charge is 0.161 e. The first-order valence-corrected chi connectivity index (χ1v) is 9.24. The molecule has 0 aliphatic carbocycles. The second kappa shape index (κ2) is 7.24. The molecule has 1 aliphatic heterocycles. The number of hydrogen-bond donors (Lipinski definition) is 1. The fourth-order valence-corrected chi connectivity index (χ4v) is 3.62. The van der Waals surface area contributed by atoms with E-state index in [2.05, 4.69) is 67.5 Å². The summed E-state index contributed by atoms with van der Waals surface area (Å²) in [6, 6.07) is 10.8. The minimum atomic E-state index is 0.160. The van der Waals surface area contributed by atoms with Crippen molar-refractivity contribution >= 4 is 31.9 Å². The fraction of sp³-hybridized carbons (Fsp3) is 0.333. The zero-order valence-corrected chi connectivity index (χ0v) is 16.3. The first kappa shape index (κ1) is 16.8. The third-order valence-electron chi connectivity index (χ3n) is 4.06. The van der Waals surface area contributed by atoms with E-state index in [4.69, 9.17) is 9.47 Å². The fourth-order valence-electron chi connectivity index (χ4n) is 2.98. The number of benzene rings is 2. The molecule has 1 N–H and O–H groups in total. The number of methoxy groups -OCH3 is 1. The molecular formula is C18H19Br2NO2. The zero-order valence-electron chi connectivity index (χ0n) is 13.2. The summed E-state index contributed by atoms with van der Waals surface area (Å²) in [6.07, 6.45) is 0.992. The van der Waals surface area contributed by atoms with Gasteiger partial charge in [0.05, 0.1) is 19.8 Å². The van der Waals surface area contributed by atoms with Gasteiger partial charge in [-0.25, -0.2) is 0 Å². The van der Waals surface area contributed by atoms with E-state index in [1.807, 2.05) is 6.92 Å². The van der Waals surface area contributed by atoms with Gasteiger partial charge in [-0.2, -0.15) is 0 Å². The molecule has 1 aliphatic rings.